The van der Waals surface area contributed by atoms with Crippen LogP contribution in [-0.4, -0.2) is 26.8 Å². The molecular weight excluding hydrogens is 273 g/mol. The van der Waals surface area contributed by atoms with Gasteiger partial charge < -0.3 is 9.67 Å². The van der Waals surface area contributed by atoms with Crippen molar-refractivity contribution in [1.29, 1.82) is 0 Å². The van der Waals surface area contributed by atoms with Gasteiger partial charge in [-0.25, -0.2) is 9.78 Å². The highest BCUT2D eigenvalue weighted by Crippen LogP contribution is 2.28. The average molecular weight is 286 g/mol. The molecule has 1 aromatic carbocycles. The van der Waals surface area contributed by atoms with Gasteiger partial charge in [-0.2, -0.15) is 13.2 Å². The van der Waals surface area contributed by atoms with Crippen molar-refractivity contribution in [1.82, 2.24) is 9.55 Å². The Morgan fingerprint density at radius 2 is 2.05 bits per heavy atom. The fraction of sp³-hybridized carbons (Fsp3) is 0.385. The van der Waals surface area contributed by atoms with Gasteiger partial charge >= 0.3 is 12.1 Å². The summed E-state index contributed by atoms with van der Waals surface area (Å²) in [6.45, 7) is 2.25. The Morgan fingerprint density at radius 1 is 1.40 bits per heavy atom. The molecule has 1 heterocycles. The highest BCUT2D eigenvalue weighted by Gasteiger charge is 2.31. The van der Waals surface area contributed by atoms with Crippen molar-refractivity contribution in [3.63, 3.8) is 0 Å². The summed E-state index contributed by atoms with van der Waals surface area (Å²) in [5, 5.41) is 9.08. The summed E-state index contributed by atoms with van der Waals surface area (Å²) < 4.78 is 39.1. The van der Waals surface area contributed by atoms with Crippen molar-refractivity contribution in [2.45, 2.75) is 32.5 Å². The van der Waals surface area contributed by atoms with Crippen LogP contribution in [0.1, 0.15) is 35.9 Å². The number of hydrogen-bond acceptors (Lipinski definition) is 2. The van der Waals surface area contributed by atoms with Crippen LogP contribution in [0.5, 0.6) is 0 Å². The van der Waals surface area contributed by atoms with Gasteiger partial charge in [-0.15, -0.1) is 0 Å². The molecule has 0 unspecified atom stereocenters. The van der Waals surface area contributed by atoms with E-state index in [2.05, 4.69) is 4.98 Å². The average Bonchev–Trinajstić information content (AvgIpc) is 2.65. The first kappa shape index (κ1) is 14.4. The summed E-state index contributed by atoms with van der Waals surface area (Å²) in [6, 6.07) is 4.20. The summed E-state index contributed by atoms with van der Waals surface area (Å²) in [5.74, 6) is -1.22. The van der Waals surface area contributed by atoms with Crippen molar-refractivity contribution in [2.24, 2.45) is 0 Å². The smallest absolute Gasteiger partial charge is 0.406 e. The molecule has 108 valence electrons. The molecule has 0 saturated heterocycles. The number of nitrogens with zero attached hydrogens (tertiary/aromatic N) is 2. The summed E-state index contributed by atoms with van der Waals surface area (Å²) in [7, 11) is 0. The molecule has 0 fully saturated rings. The van der Waals surface area contributed by atoms with Crippen molar-refractivity contribution in [3.05, 3.63) is 29.6 Å². The summed E-state index contributed by atoms with van der Waals surface area (Å²) in [4.78, 5) is 15.2. The van der Waals surface area contributed by atoms with E-state index in [1.54, 1.807) is 13.8 Å². The molecule has 0 aliphatic heterocycles. The Bertz CT molecular complexity index is 659. The van der Waals surface area contributed by atoms with E-state index >= 15 is 0 Å². The Labute approximate surface area is 112 Å². The van der Waals surface area contributed by atoms with E-state index in [4.69, 9.17) is 5.11 Å². The lowest BCUT2D eigenvalue weighted by atomic mass is 10.2. The van der Waals surface area contributed by atoms with Crippen LogP contribution in [0.4, 0.5) is 13.2 Å². The normalized spacial score (nSPS) is 12.3. The third-order valence-electron chi connectivity index (χ3n) is 2.89. The molecule has 0 aliphatic rings. The van der Waals surface area contributed by atoms with Gasteiger partial charge in [-0.3, -0.25) is 0 Å². The van der Waals surface area contributed by atoms with Gasteiger partial charge in [0.25, 0.3) is 0 Å². The van der Waals surface area contributed by atoms with Crippen LogP contribution in [0, 0.1) is 0 Å². The summed E-state index contributed by atoms with van der Waals surface area (Å²) >= 11 is 0. The van der Waals surface area contributed by atoms with E-state index < -0.39 is 18.7 Å². The molecule has 1 N–H and O–H groups in total. The van der Waals surface area contributed by atoms with Gasteiger partial charge in [0, 0.05) is 5.92 Å². The molecule has 20 heavy (non-hydrogen) atoms. The molecule has 0 bridgehead atoms. The molecule has 4 nitrogen and oxygen atoms in total. The monoisotopic (exact) mass is 286 g/mol. The molecular formula is C13H13F3N2O2. The number of fused-ring (bicyclic) bond motifs is 1. The molecule has 7 heteroatoms. The molecule has 0 amide bonds. The van der Waals surface area contributed by atoms with Crippen molar-refractivity contribution < 1.29 is 23.1 Å². The standard InChI is InChI=1S/C13H13F3N2O2/c1-7(2)11-17-10-8(12(19)20)4-3-5-9(10)18(11)6-13(14,15)16/h3-5,7H,6H2,1-2H3,(H,19,20). The number of aromatic carboxylic acids is 1. The van der Waals surface area contributed by atoms with Gasteiger partial charge in [0.1, 0.15) is 17.9 Å². The van der Waals surface area contributed by atoms with E-state index in [0.29, 0.717) is 0 Å². The highest BCUT2D eigenvalue weighted by molar-refractivity contribution is 6.01. The molecule has 1 aromatic heterocycles. The fourth-order valence-electron chi connectivity index (χ4n) is 2.12. The lowest BCUT2D eigenvalue weighted by Crippen LogP contribution is -2.20. The van der Waals surface area contributed by atoms with Crippen LogP contribution in [-0.2, 0) is 6.54 Å². The number of benzene rings is 1. The van der Waals surface area contributed by atoms with Crippen LogP contribution in [0.3, 0.4) is 0 Å². The fourth-order valence-corrected chi connectivity index (χ4v) is 2.12. The Balaban J connectivity index is 2.73. The number of halogens is 3. The summed E-state index contributed by atoms with van der Waals surface area (Å²) in [5.41, 5.74) is 0.184. The molecule has 0 aliphatic carbocycles. The first-order chi connectivity index (χ1) is 9.20. The third-order valence-corrected chi connectivity index (χ3v) is 2.89. The predicted molar refractivity (Wildman–Crippen MR) is 66.8 cm³/mol. The number of imidazole rings is 1. The molecule has 0 saturated carbocycles. The predicted octanol–water partition coefficient (Wildman–Crippen LogP) is 3.42. The minimum atomic E-state index is -4.39. The number of alkyl halides is 3. The number of rotatable bonds is 3. The maximum Gasteiger partial charge on any atom is 0.406 e. The van der Waals surface area contributed by atoms with E-state index in [0.717, 1.165) is 4.57 Å². The van der Waals surface area contributed by atoms with Crippen LogP contribution in [0.25, 0.3) is 11.0 Å². The number of aromatic nitrogens is 2. The first-order valence-electron chi connectivity index (χ1n) is 6.00. The second kappa shape index (κ2) is 4.81. The molecule has 0 atom stereocenters. The van der Waals surface area contributed by atoms with E-state index in [-0.39, 0.29) is 28.3 Å². The van der Waals surface area contributed by atoms with Crippen LogP contribution < -0.4 is 0 Å². The van der Waals surface area contributed by atoms with E-state index in [1.165, 1.54) is 18.2 Å². The van der Waals surface area contributed by atoms with Crippen molar-refractivity contribution in [2.75, 3.05) is 0 Å². The largest absolute Gasteiger partial charge is 0.478 e. The minimum Gasteiger partial charge on any atom is -0.478 e. The molecule has 0 radical (unpaired) electrons. The second-order valence-corrected chi connectivity index (χ2v) is 4.80. The van der Waals surface area contributed by atoms with Gasteiger partial charge in [0.05, 0.1) is 11.1 Å². The molecule has 0 spiro atoms. The zero-order valence-corrected chi connectivity index (χ0v) is 10.9. The molecule has 2 aromatic rings. The van der Waals surface area contributed by atoms with Crippen LogP contribution in [0.15, 0.2) is 18.2 Å². The lowest BCUT2D eigenvalue weighted by molar-refractivity contribution is -0.140. The summed E-state index contributed by atoms with van der Waals surface area (Å²) in [6.07, 6.45) is -4.39. The zero-order chi connectivity index (χ0) is 15.1. The maximum atomic E-state index is 12.7. The van der Waals surface area contributed by atoms with Gasteiger partial charge in [-0.1, -0.05) is 19.9 Å². The number of carboxylic acids is 1. The Kier molecular flexibility index (Phi) is 3.45. The number of carbonyl (C=O) groups is 1. The number of hydrogen-bond donors (Lipinski definition) is 1. The second-order valence-electron chi connectivity index (χ2n) is 4.80. The molecule has 2 rings (SSSR count). The van der Waals surface area contributed by atoms with E-state index in [1.807, 2.05) is 0 Å². The number of para-hydroxylation sites is 1. The lowest BCUT2D eigenvalue weighted by Gasteiger charge is -2.13. The van der Waals surface area contributed by atoms with E-state index in [9.17, 15) is 18.0 Å². The van der Waals surface area contributed by atoms with Gasteiger partial charge in [-0.05, 0) is 12.1 Å². The zero-order valence-electron chi connectivity index (χ0n) is 10.9. The van der Waals surface area contributed by atoms with Crippen molar-refractivity contribution >= 4 is 17.0 Å². The quantitative estimate of drug-likeness (QED) is 0.940. The van der Waals surface area contributed by atoms with Gasteiger partial charge in [0.2, 0.25) is 0 Å². The Morgan fingerprint density at radius 3 is 2.55 bits per heavy atom. The number of carboxylic acid groups (broad SMARTS) is 1. The first-order valence-corrected chi connectivity index (χ1v) is 6.00. The maximum absolute atomic E-state index is 12.7. The highest BCUT2D eigenvalue weighted by atomic mass is 19.4. The Hall–Kier alpha value is -2.05. The van der Waals surface area contributed by atoms with Crippen molar-refractivity contribution in [3.8, 4) is 0 Å². The van der Waals surface area contributed by atoms with Gasteiger partial charge in [0.15, 0.2) is 0 Å². The van der Waals surface area contributed by atoms with Crippen LogP contribution in [0.2, 0.25) is 0 Å². The topological polar surface area (TPSA) is 55.1 Å². The third kappa shape index (κ3) is 2.61. The van der Waals surface area contributed by atoms with Crippen LogP contribution >= 0.6 is 0 Å². The minimum absolute atomic E-state index is 0.0907. The SMILES string of the molecule is CC(C)c1nc2c(C(=O)O)cccc2n1CC(F)(F)F.